The average molecular weight is 392 g/mol. The minimum atomic E-state index is -4.48. The van der Waals surface area contributed by atoms with E-state index in [0.717, 1.165) is 24.3 Å². The quantitative estimate of drug-likeness (QED) is 0.426. The Morgan fingerprint density at radius 3 is 2.35 bits per heavy atom. The largest absolute Gasteiger partial charge is 0.416 e. The van der Waals surface area contributed by atoms with Gasteiger partial charge >= 0.3 is 6.18 Å². The Labute approximate surface area is 153 Å². The number of methoxy groups -OCH3 is 1. The number of hydrogen-bond donors (Lipinski definition) is 4. The molecule has 0 spiro atoms. The molecule has 0 heterocycles. The lowest BCUT2D eigenvalue weighted by Crippen LogP contribution is -2.52. The zero-order valence-electron chi connectivity index (χ0n) is 14.1. The SMILES string of the molecule is COC[C@H](C)NC(=S)NNC(=O)CNC(=O)c1ccc(C(F)(F)F)cc1. The van der Waals surface area contributed by atoms with Crippen molar-refractivity contribution in [3.8, 4) is 0 Å². The zero-order chi connectivity index (χ0) is 19.7. The number of carbonyl (C=O) groups is 2. The summed E-state index contributed by atoms with van der Waals surface area (Å²) in [5.74, 6) is -1.27. The number of nitrogens with one attached hydrogen (secondary N) is 4. The van der Waals surface area contributed by atoms with E-state index in [1.54, 1.807) is 0 Å². The Bertz CT molecular complexity index is 638. The molecule has 2 amide bonds. The van der Waals surface area contributed by atoms with E-state index in [9.17, 15) is 22.8 Å². The zero-order valence-corrected chi connectivity index (χ0v) is 14.9. The third-order valence-corrected chi connectivity index (χ3v) is 3.21. The molecule has 4 N–H and O–H groups in total. The monoisotopic (exact) mass is 392 g/mol. The molecule has 11 heteroatoms. The number of thiocarbonyl (C=S) groups is 1. The summed E-state index contributed by atoms with van der Waals surface area (Å²) in [6, 6.07) is 3.58. The summed E-state index contributed by atoms with van der Waals surface area (Å²) in [6.07, 6.45) is -4.48. The average Bonchev–Trinajstić information content (AvgIpc) is 2.57. The van der Waals surface area contributed by atoms with Crippen LogP contribution in [0.4, 0.5) is 13.2 Å². The summed E-state index contributed by atoms with van der Waals surface area (Å²) in [7, 11) is 1.54. The molecule has 0 unspecified atom stereocenters. The first-order valence-electron chi connectivity index (χ1n) is 7.43. The molecule has 0 radical (unpaired) electrons. The molecular formula is C15H19F3N4O3S. The Kier molecular flexibility index (Phi) is 8.26. The minimum absolute atomic E-state index is 0.00402. The summed E-state index contributed by atoms with van der Waals surface area (Å²) in [5.41, 5.74) is 3.86. The van der Waals surface area contributed by atoms with Crippen LogP contribution in [0.25, 0.3) is 0 Å². The second-order valence-corrected chi connectivity index (χ2v) is 5.67. The van der Waals surface area contributed by atoms with Gasteiger partial charge in [0.05, 0.1) is 18.7 Å². The van der Waals surface area contributed by atoms with Crippen molar-refractivity contribution in [2.24, 2.45) is 0 Å². The van der Waals surface area contributed by atoms with Crippen LogP contribution in [0.5, 0.6) is 0 Å². The Morgan fingerprint density at radius 2 is 1.81 bits per heavy atom. The fourth-order valence-electron chi connectivity index (χ4n) is 1.80. The molecule has 26 heavy (non-hydrogen) atoms. The number of halogens is 3. The van der Waals surface area contributed by atoms with Crippen LogP contribution >= 0.6 is 12.2 Å². The fraction of sp³-hybridized carbons (Fsp3) is 0.400. The first-order valence-corrected chi connectivity index (χ1v) is 7.84. The van der Waals surface area contributed by atoms with Crippen molar-refractivity contribution >= 4 is 29.1 Å². The highest BCUT2D eigenvalue weighted by Crippen LogP contribution is 2.28. The molecule has 0 aliphatic heterocycles. The fourth-order valence-corrected chi connectivity index (χ4v) is 2.05. The number of carbonyl (C=O) groups excluding carboxylic acids is 2. The van der Waals surface area contributed by atoms with E-state index in [0.29, 0.717) is 6.61 Å². The van der Waals surface area contributed by atoms with Crippen LogP contribution in [0.3, 0.4) is 0 Å². The van der Waals surface area contributed by atoms with Crippen molar-refractivity contribution in [2.75, 3.05) is 20.3 Å². The maximum atomic E-state index is 12.5. The van der Waals surface area contributed by atoms with Gasteiger partial charge in [0.15, 0.2) is 5.11 Å². The van der Waals surface area contributed by atoms with E-state index >= 15 is 0 Å². The first-order chi connectivity index (χ1) is 12.1. The summed E-state index contributed by atoms with van der Waals surface area (Å²) in [6.45, 7) is 1.85. The van der Waals surface area contributed by atoms with E-state index in [4.69, 9.17) is 17.0 Å². The van der Waals surface area contributed by atoms with Gasteiger partial charge < -0.3 is 15.4 Å². The van der Waals surface area contributed by atoms with E-state index < -0.39 is 23.6 Å². The molecule has 0 saturated carbocycles. The smallest absolute Gasteiger partial charge is 0.383 e. The van der Waals surface area contributed by atoms with Crippen LogP contribution in [-0.2, 0) is 15.7 Å². The van der Waals surface area contributed by atoms with Crippen molar-refractivity contribution in [1.82, 2.24) is 21.5 Å². The second-order valence-electron chi connectivity index (χ2n) is 5.26. The number of benzene rings is 1. The number of hydrazine groups is 1. The normalized spacial score (nSPS) is 12.0. The van der Waals surface area contributed by atoms with Gasteiger partial charge in [0.25, 0.3) is 11.8 Å². The number of amides is 2. The van der Waals surface area contributed by atoms with Crippen LogP contribution in [0.15, 0.2) is 24.3 Å². The van der Waals surface area contributed by atoms with E-state index in [-0.39, 0.29) is 23.3 Å². The van der Waals surface area contributed by atoms with Gasteiger partial charge in [-0.3, -0.25) is 20.4 Å². The van der Waals surface area contributed by atoms with Crippen LogP contribution in [-0.4, -0.2) is 43.2 Å². The standard InChI is InChI=1S/C15H19F3N4O3S/c1-9(8-25-2)20-14(26)22-21-12(23)7-19-13(24)10-3-5-11(6-4-10)15(16,17)18/h3-6,9H,7-8H2,1-2H3,(H,19,24)(H,21,23)(H2,20,22,26)/t9-/m0/s1. The van der Waals surface area contributed by atoms with Gasteiger partial charge in [0.2, 0.25) is 0 Å². The van der Waals surface area contributed by atoms with Gasteiger partial charge in [-0.2, -0.15) is 13.2 Å². The number of ether oxygens (including phenoxy) is 1. The summed E-state index contributed by atoms with van der Waals surface area (Å²) in [5, 5.41) is 5.30. The van der Waals surface area contributed by atoms with Crippen LogP contribution in [0.1, 0.15) is 22.8 Å². The third-order valence-electron chi connectivity index (χ3n) is 2.99. The van der Waals surface area contributed by atoms with E-state index in [2.05, 4.69) is 21.5 Å². The molecule has 7 nitrogen and oxygen atoms in total. The summed E-state index contributed by atoms with van der Waals surface area (Å²) < 4.78 is 42.3. The lowest BCUT2D eigenvalue weighted by molar-refractivity contribution is -0.137. The van der Waals surface area contributed by atoms with Gasteiger partial charge in [-0.25, -0.2) is 0 Å². The molecule has 0 saturated heterocycles. The Balaban J connectivity index is 2.38. The molecule has 0 bridgehead atoms. The summed E-state index contributed by atoms with van der Waals surface area (Å²) >= 11 is 4.95. The third kappa shape index (κ3) is 7.66. The highest BCUT2D eigenvalue weighted by Gasteiger charge is 2.30. The highest BCUT2D eigenvalue weighted by molar-refractivity contribution is 7.80. The van der Waals surface area contributed by atoms with Crippen molar-refractivity contribution in [2.45, 2.75) is 19.1 Å². The van der Waals surface area contributed by atoms with Gasteiger partial charge in [0, 0.05) is 18.7 Å². The molecule has 1 atom stereocenters. The number of hydrogen-bond acceptors (Lipinski definition) is 4. The topological polar surface area (TPSA) is 91.5 Å². The van der Waals surface area contributed by atoms with Gasteiger partial charge in [-0.15, -0.1) is 0 Å². The molecule has 144 valence electrons. The maximum absolute atomic E-state index is 12.5. The van der Waals surface area contributed by atoms with Gasteiger partial charge in [-0.05, 0) is 43.4 Å². The highest BCUT2D eigenvalue weighted by atomic mass is 32.1. The van der Waals surface area contributed by atoms with Gasteiger partial charge in [0.1, 0.15) is 0 Å². The predicted octanol–water partition coefficient (Wildman–Crippen LogP) is 0.965. The van der Waals surface area contributed by atoms with Crippen molar-refractivity contribution in [3.63, 3.8) is 0 Å². The molecule has 1 aromatic carbocycles. The molecule has 0 aromatic heterocycles. The van der Waals surface area contributed by atoms with Crippen molar-refractivity contribution in [1.29, 1.82) is 0 Å². The molecule has 0 aliphatic rings. The Hall–Kier alpha value is -2.40. The molecule has 1 aromatic rings. The lowest BCUT2D eigenvalue weighted by Gasteiger charge is -2.16. The maximum Gasteiger partial charge on any atom is 0.416 e. The molecule has 0 fully saturated rings. The Morgan fingerprint density at radius 1 is 1.19 bits per heavy atom. The van der Waals surface area contributed by atoms with E-state index in [1.807, 2.05) is 6.92 Å². The molecule has 0 aliphatic carbocycles. The van der Waals surface area contributed by atoms with Crippen LogP contribution < -0.4 is 21.5 Å². The summed E-state index contributed by atoms with van der Waals surface area (Å²) in [4.78, 5) is 23.5. The molecular weight excluding hydrogens is 373 g/mol. The minimum Gasteiger partial charge on any atom is -0.383 e. The number of alkyl halides is 3. The lowest BCUT2D eigenvalue weighted by atomic mass is 10.1. The van der Waals surface area contributed by atoms with Crippen molar-refractivity contribution in [3.05, 3.63) is 35.4 Å². The molecule has 1 rings (SSSR count). The second kappa shape index (κ2) is 9.92. The van der Waals surface area contributed by atoms with Crippen molar-refractivity contribution < 1.29 is 27.5 Å². The van der Waals surface area contributed by atoms with Crippen LogP contribution in [0, 0.1) is 0 Å². The van der Waals surface area contributed by atoms with Gasteiger partial charge in [-0.1, -0.05) is 0 Å². The first kappa shape index (κ1) is 21.6. The predicted molar refractivity (Wildman–Crippen MR) is 92.1 cm³/mol. The number of rotatable bonds is 6. The van der Waals surface area contributed by atoms with Crippen LogP contribution in [0.2, 0.25) is 0 Å². The van der Waals surface area contributed by atoms with E-state index in [1.165, 1.54) is 7.11 Å².